The van der Waals surface area contributed by atoms with Gasteiger partial charge in [-0.1, -0.05) is 0 Å². The molecule has 12 heteroatoms. The zero-order valence-corrected chi connectivity index (χ0v) is 22.6. The predicted octanol–water partition coefficient (Wildman–Crippen LogP) is 3.55. The zero-order valence-electron chi connectivity index (χ0n) is 22.6. The van der Waals surface area contributed by atoms with Crippen LogP contribution in [0.3, 0.4) is 0 Å². The van der Waals surface area contributed by atoms with Crippen molar-refractivity contribution in [3.8, 4) is 17.6 Å². The molecule has 3 aromatic heterocycles. The van der Waals surface area contributed by atoms with E-state index >= 15 is 0 Å². The molecule has 0 unspecified atom stereocenters. The highest BCUT2D eigenvalue weighted by Crippen LogP contribution is 2.34. The molecule has 6 rings (SSSR count). The van der Waals surface area contributed by atoms with Gasteiger partial charge in [-0.15, -0.1) is 0 Å². The van der Waals surface area contributed by atoms with Gasteiger partial charge in [0.15, 0.2) is 5.75 Å². The number of hydrogen-bond donors (Lipinski definition) is 2. The van der Waals surface area contributed by atoms with Crippen LogP contribution in [0.1, 0.15) is 24.2 Å². The lowest BCUT2D eigenvalue weighted by Gasteiger charge is -2.38. The molecular formula is C28H29N9O3. The van der Waals surface area contributed by atoms with Gasteiger partial charge < -0.3 is 25.0 Å². The molecular weight excluding hydrogens is 510 g/mol. The summed E-state index contributed by atoms with van der Waals surface area (Å²) in [5.74, 6) is 0.501. The van der Waals surface area contributed by atoms with Gasteiger partial charge in [-0.2, -0.15) is 10.1 Å². The summed E-state index contributed by atoms with van der Waals surface area (Å²) >= 11 is 0. The molecule has 2 atom stereocenters. The summed E-state index contributed by atoms with van der Waals surface area (Å²) in [4.78, 5) is 33.0. The number of aryl methyl sites for hydroxylation is 1. The van der Waals surface area contributed by atoms with E-state index in [4.69, 9.17) is 9.47 Å². The minimum absolute atomic E-state index is 0.193. The Morgan fingerprint density at radius 3 is 2.67 bits per heavy atom. The number of piperazine rings is 1. The minimum atomic E-state index is -0.324. The first-order chi connectivity index (χ1) is 19.4. The van der Waals surface area contributed by atoms with Gasteiger partial charge in [-0.05, 0) is 32.0 Å². The molecule has 0 radical (unpaired) electrons. The molecule has 1 saturated heterocycles. The van der Waals surface area contributed by atoms with Crippen molar-refractivity contribution in [1.29, 1.82) is 0 Å². The van der Waals surface area contributed by atoms with Gasteiger partial charge in [-0.25, -0.2) is 15.0 Å². The Hall–Kier alpha value is -4.84. The van der Waals surface area contributed by atoms with Gasteiger partial charge in [-0.3, -0.25) is 9.48 Å². The minimum Gasteiger partial charge on any atom is -0.467 e. The molecule has 204 valence electrons. The number of carbonyl (C=O) groups is 1. The molecule has 1 fully saturated rings. The maximum Gasteiger partial charge on any atom is 0.316 e. The Balaban J connectivity index is 1.37. The van der Waals surface area contributed by atoms with Crippen molar-refractivity contribution in [2.24, 2.45) is 7.05 Å². The van der Waals surface area contributed by atoms with Crippen molar-refractivity contribution in [2.75, 3.05) is 30.4 Å². The van der Waals surface area contributed by atoms with Gasteiger partial charge in [0, 0.05) is 85.1 Å². The van der Waals surface area contributed by atoms with Crippen LogP contribution in [0.5, 0.6) is 17.6 Å². The van der Waals surface area contributed by atoms with Crippen LogP contribution in [0.15, 0.2) is 55.2 Å². The summed E-state index contributed by atoms with van der Waals surface area (Å²) in [7, 11) is 3.33. The monoisotopic (exact) mass is 539 g/mol. The standard InChI is InChI=1S/C28H29N9O3/c1-16-12-37(13-17(2)32-16)22-6-5-20(26-21(22)11-30-28(34-26)39-4)27(38)33-19-9-18-14-36(3)35-25(18)23(10-19)40-24-7-8-29-15-31-24/h5-11,14-17,32H,12-13H2,1-4H3,(H,33,38)/t16-,17+. The summed E-state index contributed by atoms with van der Waals surface area (Å²) < 4.78 is 13.0. The number of nitrogens with one attached hydrogen (secondary N) is 2. The summed E-state index contributed by atoms with van der Waals surface area (Å²) in [5, 5.41) is 12.7. The maximum atomic E-state index is 13.7. The summed E-state index contributed by atoms with van der Waals surface area (Å²) in [5.41, 5.74) is 3.08. The molecule has 0 aliphatic carbocycles. The van der Waals surface area contributed by atoms with E-state index in [-0.39, 0.29) is 11.9 Å². The lowest BCUT2D eigenvalue weighted by molar-refractivity contribution is 0.102. The summed E-state index contributed by atoms with van der Waals surface area (Å²) in [6.45, 7) is 5.98. The molecule has 5 aromatic rings. The molecule has 40 heavy (non-hydrogen) atoms. The Bertz CT molecular complexity index is 1700. The largest absolute Gasteiger partial charge is 0.467 e. The number of carbonyl (C=O) groups excluding carboxylic acids is 1. The van der Waals surface area contributed by atoms with Gasteiger partial charge in [0.1, 0.15) is 11.8 Å². The van der Waals surface area contributed by atoms with E-state index in [2.05, 4.69) is 54.4 Å². The first-order valence-electron chi connectivity index (χ1n) is 13.0. The van der Waals surface area contributed by atoms with Crippen LogP contribution in [0.4, 0.5) is 11.4 Å². The molecule has 2 aromatic carbocycles. The zero-order chi connectivity index (χ0) is 27.8. The van der Waals surface area contributed by atoms with Crippen molar-refractivity contribution in [3.05, 3.63) is 60.8 Å². The van der Waals surface area contributed by atoms with Crippen LogP contribution in [0.25, 0.3) is 21.8 Å². The Kier molecular flexibility index (Phi) is 6.60. The fourth-order valence-corrected chi connectivity index (χ4v) is 5.19. The third-order valence-corrected chi connectivity index (χ3v) is 6.75. The maximum absolute atomic E-state index is 13.7. The Morgan fingerprint density at radius 2 is 1.93 bits per heavy atom. The Labute approximate surface area is 230 Å². The van der Waals surface area contributed by atoms with E-state index in [9.17, 15) is 4.79 Å². The number of hydrogen-bond acceptors (Lipinski definition) is 10. The molecule has 1 aliphatic rings. The lowest BCUT2D eigenvalue weighted by atomic mass is 10.0. The van der Waals surface area contributed by atoms with E-state index in [1.54, 1.807) is 35.3 Å². The topological polar surface area (TPSA) is 132 Å². The van der Waals surface area contributed by atoms with Crippen LogP contribution >= 0.6 is 0 Å². The van der Waals surface area contributed by atoms with Crippen LogP contribution in [0.2, 0.25) is 0 Å². The number of nitrogens with zero attached hydrogens (tertiary/aromatic N) is 7. The van der Waals surface area contributed by atoms with Crippen LogP contribution < -0.4 is 25.0 Å². The molecule has 0 spiro atoms. The third kappa shape index (κ3) is 4.96. The van der Waals surface area contributed by atoms with E-state index in [1.807, 2.05) is 25.4 Å². The van der Waals surface area contributed by atoms with Gasteiger partial charge >= 0.3 is 6.01 Å². The second kappa shape index (κ2) is 10.4. The highest BCUT2D eigenvalue weighted by Gasteiger charge is 2.25. The number of methoxy groups -OCH3 is 1. The number of aromatic nitrogens is 6. The summed E-state index contributed by atoms with van der Waals surface area (Å²) in [6, 6.07) is 9.83. The number of ether oxygens (including phenoxy) is 2. The molecule has 1 aliphatic heterocycles. The number of rotatable bonds is 6. The number of benzene rings is 2. The number of fused-ring (bicyclic) bond motifs is 2. The van der Waals surface area contributed by atoms with E-state index in [0.29, 0.717) is 46.0 Å². The van der Waals surface area contributed by atoms with Crippen molar-refractivity contribution >= 4 is 39.1 Å². The number of anilines is 2. The molecule has 4 heterocycles. The van der Waals surface area contributed by atoms with Crippen molar-refractivity contribution in [1.82, 2.24) is 35.0 Å². The third-order valence-electron chi connectivity index (χ3n) is 6.75. The van der Waals surface area contributed by atoms with Crippen LogP contribution in [-0.4, -0.2) is 67.9 Å². The van der Waals surface area contributed by atoms with Gasteiger partial charge in [0.05, 0.1) is 18.2 Å². The second-order valence-electron chi connectivity index (χ2n) is 9.94. The van der Waals surface area contributed by atoms with E-state index < -0.39 is 0 Å². The van der Waals surface area contributed by atoms with Gasteiger partial charge in [0.2, 0.25) is 5.88 Å². The first-order valence-corrected chi connectivity index (χ1v) is 13.0. The molecule has 1 amide bonds. The Morgan fingerprint density at radius 1 is 1.10 bits per heavy atom. The molecule has 2 N–H and O–H groups in total. The van der Waals surface area contributed by atoms with Crippen LogP contribution in [-0.2, 0) is 7.05 Å². The average molecular weight is 540 g/mol. The average Bonchev–Trinajstić information content (AvgIpc) is 3.32. The normalized spacial score (nSPS) is 17.2. The SMILES string of the molecule is COc1ncc2c(N3C[C@@H](C)N[C@@H](C)C3)ccc(C(=O)Nc3cc(Oc4ccncn4)c4nn(C)cc4c3)c2n1. The quantitative estimate of drug-likeness (QED) is 0.330. The van der Waals surface area contributed by atoms with Crippen molar-refractivity contribution in [3.63, 3.8) is 0 Å². The molecule has 0 bridgehead atoms. The fourth-order valence-electron chi connectivity index (χ4n) is 5.19. The second-order valence-corrected chi connectivity index (χ2v) is 9.94. The highest BCUT2D eigenvalue weighted by atomic mass is 16.5. The van der Waals surface area contributed by atoms with Gasteiger partial charge in [0.25, 0.3) is 5.91 Å². The molecule has 0 saturated carbocycles. The van der Waals surface area contributed by atoms with E-state index in [1.165, 1.54) is 13.4 Å². The van der Waals surface area contributed by atoms with Crippen LogP contribution in [0, 0.1) is 0 Å². The summed E-state index contributed by atoms with van der Waals surface area (Å²) in [6.07, 6.45) is 6.58. The smallest absolute Gasteiger partial charge is 0.316 e. The van der Waals surface area contributed by atoms with E-state index in [0.717, 1.165) is 29.5 Å². The molecule has 12 nitrogen and oxygen atoms in total. The lowest BCUT2D eigenvalue weighted by Crippen LogP contribution is -2.54. The fraction of sp³-hybridized carbons (Fsp3) is 0.286. The van der Waals surface area contributed by atoms with Crippen molar-refractivity contribution in [2.45, 2.75) is 25.9 Å². The van der Waals surface area contributed by atoms with Crippen molar-refractivity contribution < 1.29 is 14.3 Å². The predicted molar refractivity (Wildman–Crippen MR) is 151 cm³/mol. The number of amides is 1. The first kappa shape index (κ1) is 25.4. The highest BCUT2D eigenvalue weighted by molar-refractivity contribution is 6.14.